The minimum atomic E-state index is -0.611. The summed E-state index contributed by atoms with van der Waals surface area (Å²) in [4.78, 5) is 33.5. The van der Waals surface area contributed by atoms with Crippen molar-refractivity contribution < 1.29 is 19.1 Å². The van der Waals surface area contributed by atoms with E-state index in [-0.39, 0.29) is 34.4 Å². The van der Waals surface area contributed by atoms with Gasteiger partial charge in [0.1, 0.15) is 5.78 Å². The van der Waals surface area contributed by atoms with Gasteiger partial charge in [0.2, 0.25) is 0 Å². The van der Waals surface area contributed by atoms with Crippen molar-refractivity contribution in [2.24, 2.45) is 0 Å². The number of nitrogens with one attached hydrogen (secondary N) is 1. The molecule has 0 fully saturated rings. The van der Waals surface area contributed by atoms with Gasteiger partial charge in [0.05, 0.1) is 22.2 Å². The van der Waals surface area contributed by atoms with E-state index in [1.807, 2.05) is 0 Å². The van der Waals surface area contributed by atoms with Gasteiger partial charge in [0.15, 0.2) is 6.61 Å². The second-order valence-electron chi connectivity index (χ2n) is 4.01. The highest BCUT2D eigenvalue weighted by molar-refractivity contribution is 6.39. The van der Waals surface area contributed by atoms with Gasteiger partial charge in [-0.1, -0.05) is 29.3 Å². The lowest BCUT2D eigenvalue weighted by Crippen LogP contribution is -2.21. The minimum Gasteiger partial charge on any atom is -0.456 e. The van der Waals surface area contributed by atoms with Crippen LogP contribution < -0.4 is 5.32 Å². The number of para-hydroxylation sites is 1. The average molecular weight is 318 g/mol. The van der Waals surface area contributed by atoms with Gasteiger partial charge in [-0.2, -0.15) is 0 Å². The number of rotatable bonds is 6. The molecular weight excluding hydrogens is 305 g/mol. The van der Waals surface area contributed by atoms with E-state index < -0.39 is 18.5 Å². The SMILES string of the molecule is CC(=O)CCC(=O)OCC(=O)Nc1c(Cl)cccc1Cl. The number of carbonyl (C=O) groups excluding carboxylic acids is 3. The molecule has 0 saturated carbocycles. The van der Waals surface area contributed by atoms with Crippen molar-refractivity contribution >= 4 is 46.5 Å². The molecule has 0 spiro atoms. The maximum Gasteiger partial charge on any atom is 0.306 e. The summed E-state index contributed by atoms with van der Waals surface area (Å²) in [5, 5.41) is 3.02. The predicted molar refractivity (Wildman–Crippen MR) is 76.0 cm³/mol. The van der Waals surface area contributed by atoms with Gasteiger partial charge in [-0.05, 0) is 19.1 Å². The Morgan fingerprint density at radius 1 is 1.15 bits per heavy atom. The van der Waals surface area contributed by atoms with Crippen LogP contribution in [0.15, 0.2) is 18.2 Å². The van der Waals surface area contributed by atoms with Gasteiger partial charge in [0.25, 0.3) is 5.91 Å². The molecule has 0 saturated heterocycles. The van der Waals surface area contributed by atoms with E-state index in [1.54, 1.807) is 18.2 Å². The van der Waals surface area contributed by atoms with Crippen LogP contribution in [0.1, 0.15) is 19.8 Å². The number of ether oxygens (including phenoxy) is 1. The normalized spacial score (nSPS) is 9.95. The van der Waals surface area contributed by atoms with Gasteiger partial charge < -0.3 is 14.8 Å². The number of halogens is 2. The summed E-state index contributed by atoms with van der Waals surface area (Å²) < 4.78 is 4.72. The summed E-state index contributed by atoms with van der Waals surface area (Å²) in [5.41, 5.74) is 0.264. The Hall–Kier alpha value is -1.59. The molecule has 1 aromatic rings. The third-order valence-electron chi connectivity index (χ3n) is 2.27. The van der Waals surface area contributed by atoms with Crippen molar-refractivity contribution in [1.29, 1.82) is 0 Å². The number of hydrogen-bond acceptors (Lipinski definition) is 4. The number of esters is 1. The topological polar surface area (TPSA) is 72.5 Å². The van der Waals surface area contributed by atoms with Crippen LogP contribution in [0.2, 0.25) is 10.0 Å². The van der Waals surface area contributed by atoms with Crippen molar-refractivity contribution in [2.45, 2.75) is 19.8 Å². The standard InChI is InChI=1S/C13H13Cl2NO4/c1-8(17)5-6-12(19)20-7-11(18)16-13-9(14)3-2-4-10(13)15/h2-4H,5-7H2,1H3,(H,16,18). The molecule has 0 aliphatic rings. The van der Waals surface area contributed by atoms with E-state index in [9.17, 15) is 14.4 Å². The lowest BCUT2D eigenvalue weighted by atomic mass is 10.2. The molecule has 0 aliphatic heterocycles. The summed E-state index contributed by atoms with van der Waals surface area (Å²) in [6, 6.07) is 4.78. The molecule has 0 unspecified atom stereocenters. The van der Waals surface area contributed by atoms with E-state index in [0.29, 0.717) is 0 Å². The fourth-order valence-electron chi connectivity index (χ4n) is 1.29. The Balaban J connectivity index is 2.44. The Bertz CT molecular complexity index is 511. The zero-order valence-electron chi connectivity index (χ0n) is 10.7. The molecule has 7 heteroatoms. The molecule has 0 aliphatic carbocycles. The average Bonchev–Trinajstić information content (AvgIpc) is 2.38. The summed E-state index contributed by atoms with van der Waals surface area (Å²) in [6.07, 6.45) is 0.0479. The summed E-state index contributed by atoms with van der Waals surface area (Å²) in [6.45, 7) is 0.914. The first-order valence-corrected chi connectivity index (χ1v) is 6.54. The molecule has 0 heterocycles. The van der Waals surface area contributed by atoms with E-state index in [2.05, 4.69) is 5.32 Å². The van der Waals surface area contributed by atoms with Crippen molar-refractivity contribution in [3.8, 4) is 0 Å². The molecule has 1 N–H and O–H groups in total. The van der Waals surface area contributed by atoms with E-state index in [1.165, 1.54) is 6.92 Å². The van der Waals surface area contributed by atoms with Crippen LogP contribution in [-0.4, -0.2) is 24.3 Å². The highest BCUT2D eigenvalue weighted by atomic mass is 35.5. The second kappa shape index (κ2) is 7.87. The first kappa shape index (κ1) is 16.5. The number of benzene rings is 1. The van der Waals surface area contributed by atoms with Crippen LogP contribution in [-0.2, 0) is 19.1 Å². The molecule has 1 aromatic carbocycles. The van der Waals surface area contributed by atoms with Crippen molar-refractivity contribution in [3.63, 3.8) is 0 Å². The van der Waals surface area contributed by atoms with Crippen molar-refractivity contribution in [1.82, 2.24) is 0 Å². The third-order valence-corrected chi connectivity index (χ3v) is 2.90. The maximum atomic E-state index is 11.6. The Labute approximate surface area is 126 Å². The minimum absolute atomic E-state index is 0.0462. The monoisotopic (exact) mass is 317 g/mol. The highest BCUT2D eigenvalue weighted by Gasteiger charge is 2.12. The Morgan fingerprint density at radius 3 is 2.30 bits per heavy atom. The van der Waals surface area contributed by atoms with Crippen LogP contribution >= 0.6 is 23.2 Å². The zero-order chi connectivity index (χ0) is 15.1. The van der Waals surface area contributed by atoms with Crippen molar-refractivity contribution in [3.05, 3.63) is 28.2 Å². The molecule has 0 atom stereocenters. The van der Waals surface area contributed by atoms with E-state index in [4.69, 9.17) is 27.9 Å². The molecule has 0 bridgehead atoms. The lowest BCUT2D eigenvalue weighted by Gasteiger charge is -2.09. The van der Waals surface area contributed by atoms with Crippen LogP contribution in [0.25, 0.3) is 0 Å². The number of carbonyl (C=O) groups is 3. The fraction of sp³-hybridized carbons (Fsp3) is 0.308. The van der Waals surface area contributed by atoms with Gasteiger partial charge in [-0.25, -0.2) is 0 Å². The molecule has 1 amide bonds. The summed E-state index contributed by atoms with van der Waals surface area (Å²) >= 11 is 11.8. The van der Waals surface area contributed by atoms with Crippen molar-refractivity contribution in [2.75, 3.05) is 11.9 Å². The van der Waals surface area contributed by atoms with Gasteiger partial charge in [-0.3, -0.25) is 9.59 Å². The van der Waals surface area contributed by atoms with E-state index in [0.717, 1.165) is 0 Å². The summed E-state index contributed by atoms with van der Waals surface area (Å²) in [5.74, 6) is -1.29. The molecule has 5 nitrogen and oxygen atoms in total. The number of amides is 1. The first-order valence-electron chi connectivity index (χ1n) is 5.79. The van der Waals surface area contributed by atoms with Gasteiger partial charge in [0, 0.05) is 6.42 Å². The number of Topliss-reactive ketones (excluding diaryl/α,β-unsaturated/α-hetero) is 1. The molecule has 0 aromatic heterocycles. The fourth-order valence-corrected chi connectivity index (χ4v) is 1.78. The Kier molecular flexibility index (Phi) is 6.48. The molecule has 20 heavy (non-hydrogen) atoms. The Morgan fingerprint density at radius 2 is 1.75 bits per heavy atom. The molecule has 108 valence electrons. The quantitative estimate of drug-likeness (QED) is 0.819. The predicted octanol–water partition coefficient (Wildman–Crippen LogP) is 2.84. The second-order valence-corrected chi connectivity index (χ2v) is 4.82. The smallest absolute Gasteiger partial charge is 0.306 e. The first-order chi connectivity index (χ1) is 9.40. The molecule has 0 radical (unpaired) electrons. The number of ketones is 1. The van der Waals surface area contributed by atoms with Crippen LogP contribution in [0, 0.1) is 0 Å². The van der Waals surface area contributed by atoms with Crippen LogP contribution in [0.4, 0.5) is 5.69 Å². The van der Waals surface area contributed by atoms with Gasteiger partial charge >= 0.3 is 5.97 Å². The lowest BCUT2D eigenvalue weighted by molar-refractivity contribution is -0.148. The maximum absolute atomic E-state index is 11.6. The third kappa shape index (κ3) is 5.59. The molecular formula is C13H13Cl2NO4. The van der Waals surface area contributed by atoms with Crippen LogP contribution in [0.3, 0.4) is 0 Å². The number of hydrogen-bond donors (Lipinski definition) is 1. The van der Waals surface area contributed by atoms with Crippen LogP contribution in [0.5, 0.6) is 0 Å². The zero-order valence-corrected chi connectivity index (χ0v) is 12.3. The highest BCUT2D eigenvalue weighted by Crippen LogP contribution is 2.29. The molecule has 1 rings (SSSR count). The van der Waals surface area contributed by atoms with E-state index >= 15 is 0 Å². The number of anilines is 1. The van der Waals surface area contributed by atoms with Gasteiger partial charge in [-0.15, -0.1) is 0 Å². The summed E-state index contributed by atoms with van der Waals surface area (Å²) in [7, 11) is 0. The largest absolute Gasteiger partial charge is 0.456 e.